The molecule has 0 bridgehead atoms. The summed E-state index contributed by atoms with van der Waals surface area (Å²) < 4.78 is 22.0. The van der Waals surface area contributed by atoms with E-state index < -0.39 is 0 Å². The number of nitrogens with zero attached hydrogens (tertiary/aromatic N) is 3. The van der Waals surface area contributed by atoms with Crippen molar-refractivity contribution in [3.8, 4) is 17.4 Å². The van der Waals surface area contributed by atoms with Crippen molar-refractivity contribution in [2.75, 3.05) is 44.9 Å². The van der Waals surface area contributed by atoms with Crippen molar-refractivity contribution in [1.82, 2.24) is 15.3 Å². The molecule has 2 aliphatic heterocycles. The smallest absolute Gasteiger partial charge is 0.414 e. The summed E-state index contributed by atoms with van der Waals surface area (Å²) in [6, 6.07) is 11.3. The number of fused-ring (bicyclic) bond motifs is 2. The second-order valence-corrected chi connectivity index (χ2v) is 8.30. The average molecular weight is 465 g/mol. The van der Waals surface area contributed by atoms with Crippen LogP contribution in [0.25, 0.3) is 11.0 Å². The zero-order valence-corrected chi connectivity index (χ0v) is 19.2. The molecule has 0 aliphatic carbocycles. The number of benzene rings is 1. The zero-order valence-electron chi connectivity index (χ0n) is 19.2. The third-order valence-corrected chi connectivity index (χ3v) is 5.98. The van der Waals surface area contributed by atoms with E-state index in [1.807, 2.05) is 42.6 Å². The molecule has 1 atom stereocenters. The fraction of sp³-hybridized carbons (Fsp3) is 0.400. The van der Waals surface area contributed by atoms with Crippen LogP contribution in [0.3, 0.4) is 0 Å². The van der Waals surface area contributed by atoms with Crippen molar-refractivity contribution >= 4 is 22.8 Å². The molecule has 5 rings (SSSR count). The number of aromatic nitrogens is 2. The maximum atomic E-state index is 12.4. The summed E-state index contributed by atoms with van der Waals surface area (Å²) in [7, 11) is 1.62. The van der Waals surface area contributed by atoms with Crippen LogP contribution in [0, 0.1) is 0 Å². The molecule has 0 radical (unpaired) electrons. The predicted molar refractivity (Wildman–Crippen MR) is 127 cm³/mol. The Balaban J connectivity index is 1.07. The van der Waals surface area contributed by atoms with Crippen molar-refractivity contribution in [2.24, 2.45) is 0 Å². The van der Waals surface area contributed by atoms with Crippen molar-refractivity contribution in [1.29, 1.82) is 0 Å². The van der Waals surface area contributed by atoms with Gasteiger partial charge in [0.2, 0.25) is 5.88 Å². The van der Waals surface area contributed by atoms with Crippen LogP contribution in [0.5, 0.6) is 17.4 Å². The molecule has 2 aromatic heterocycles. The lowest BCUT2D eigenvalue weighted by atomic mass is 10.1. The quantitative estimate of drug-likeness (QED) is 0.482. The van der Waals surface area contributed by atoms with Crippen LogP contribution in [0.1, 0.15) is 18.4 Å². The Bertz CT molecular complexity index is 1170. The lowest BCUT2D eigenvalue weighted by molar-refractivity contribution is 0.140. The summed E-state index contributed by atoms with van der Waals surface area (Å²) in [4.78, 5) is 23.0. The van der Waals surface area contributed by atoms with Gasteiger partial charge in [0.15, 0.2) is 11.5 Å². The van der Waals surface area contributed by atoms with Crippen molar-refractivity contribution in [3.05, 3.63) is 48.2 Å². The lowest BCUT2D eigenvalue weighted by Gasteiger charge is -2.21. The van der Waals surface area contributed by atoms with E-state index in [2.05, 4.69) is 15.3 Å². The molecule has 0 spiro atoms. The zero-order chi connectivity index (χ0) is 23.3. The normalized spacial score (nSPS) is 17.1. The second-order valence-electron chi connectivity index (χ2n) is 8.30. The van der Waals surface area contributed by atoms with Gasteiger partial charge in [0, 0.05) is 24.9 Å². The number of aryl methyl sites for hydroxylation is 1. The lowest BCUT2D eigenvalue weighted by Crippen LogP contribution is -2.31. The van der Waals surface area contributed by atoms with Gasteiger partial charge in [-0.05, 0) is 55.6 Å². The average Bonchev–Trinajstić information content (AvgIpc) is 3.25. The fourth-order valence-corrected chi connectivity index (χ4v) is 4.24. The molecule has 9 nitrogen and oxygen atoms in total. The molecule has 1 fully saturated rings. The molecule has 34 heavy (non-hydrogen) atoms. The highest BCUT2D eigenvalue weighted by molar-refractivity contribution is 5.90. The summed E-state index contributed by atoms with van der Waals surface area (Å²) in [5.74, 6) is 1.96. The van der Waals surface area contributed by atoms with Crippen molar-refractivity contribution in [2.45, 2.75) is 25.4 Å². The fourth-order valence-electron chi connectivity index (χ4n) is 4.24. The van der Waals surface area contributed by atoms with Crippen LogP contribution in [0.2, 0.25) is 0 Å². The van der Waals surface area contributed by atoms with Gasteiger partial charge < -0.3 is 24.3 Å². The number of ether oxygens (including phenoxy) is 4. The number of carbonyl (C=O) groups is 1. The minimum Gasteiger partial charge on any atom is -0.486 e. The third-order valence-electron chi connectivity index (χ3n) is 5.98. The van der Waals surface area contributed by atoms with Crippen molar-refractivity contribution in [3.63, 3.8) is 0 Å². The summed E-state index contributed by atoms with van der Waals surface area (Å²) in [5, 5.41) is 3.41. The highest BCUT2D eigenvalue weighted by Gasteiger charge is 2.32. The summed E-state index contributed by atoms with van der Waals surface area (Å²) in [6.45, 7) is 3.01. The second kappa shape index (κ2) is 10.1. The van der Waals surface area contributed by atoms with Crippen LogP contribution in [-0.2, 0) is 11.2 Å². The number of cyclic esters (lactones) is 1. The van der Waals surface area contributed by atoms with E-state index in [4.69, 9.17) is 18.9 Å². The third kappa shape index (κ3) is 4.84. The molecule has 9 heteroatoms. The molecule has 3 aromatic rings. The van der Waals surface area contributed by atoms with E-state index in [-0.39, 0.29) is 12.2 Å². The molecule has 0 saturated carbocycles. The number of nitrogens with one attached hydrogen (secondary N) is 1. The SMILES string of the molecule is COc1ccc2nccc(CCCCNCC3CN(c4ccc5c(c4)OCCO5)C(=O)O3)c2n1. The van der Waals surface area contributed by atoms with Gasteiger partial charge in [-0.25, -0.2) is 9.78 Å². The molecular weight excluding hydrogens is 436 g/mol. The molecule has 2 aliphatic rings. The highest BCUT2D eigenvalue weighted by atomic mass is 16.6. The molecule has 1 N–H and O–H groups in total. The molecule has 1 aromatic carbocycles. The maximum Gasteiger partial charge on any atom is 0.414 e. The minimum absolute atomic E-state index is 0.193. The number of unbranched alkanes of at least 4 members (excludes halogenated alkanes) is 1. The summed E-state index contributed by atoms with van der Waals surface area (Å²) in [6.07, 6.45) is 4.22. The van der Waals surface area contributed by atoms with Gasteiger partial charge in [0.25, 0.3) is 0 Å². The molecule has 1 unspecified atom stereocenters. The van der Waals surface area contributed by atoms with Gasteiger partial charge in [-0.3, -0.25) is 9.88 Å². The molecular formula is C25H28N4O5. The Morgan fingerprint density at radius 3 is 2.88 bits per heavy atom. The summed E-state index contributed by atoms with van der Waals surface area (Å²) >= 11 is 0. The number of hydrogen-bond acceptors (Lipinski definition) is 8. The maximum absolute atomic E-state index is 12.4. The Hall–Kier alpha value is -3.59. The first kappa shape index (κ1) is 22.2. The van der Waals surface area contributed by atoms with E-state index in [1.165, 1.54) is 5.56 Å². The van der Waals surface area contributed by atoms with E-state index in [0.29, 0.717) is 43.7 Å². The highest BCUT2D eigenvalue weighted by Crippen LogP contribution is 2.35. The Morgan fingerprint density at radius 1 is 1.12 bits per heavy atom. The van der Waals surface area contributed by atoms with Crippen LogP contribution in [0.15, 0.2) is 42.6 Å². The van der Waals surface area contributed by atoms with Crippen molar-refractivity contribution < 1.29 is 23.7 Å². The predicted octanol–water partition coefficient (Wildman–Crippen LogP) is 3.35. The number of carbonyl (C=O) groups excluding carboxylic acids is 1. The monoisotopic (exact) mass is 464 g/mol. The van der Waals surface area contributed by atoms with Gasteiger partial charge in [0.1, 0.15) is 19.3 Å². The first-order chi connectivity index (χ1) is 16.7. The minimum atomic E-state index is -0.337. The van der Waals surface area contributed by atoms with Gasteiger partial charge >= 0.3 is 6.09 Å². The van der Waals surface area contributed by atoms with E-state index in [1.54, 1.807) is 12.0 Å². The Kier molecular flexibility index (Phi) is 6.62. The first-order valence-electron chi connectivity index (χ1n) is 11.6. The van der Waals surface area contributed by atoms with Crippen LogP contribution in [0.4, 0.5) is 10.5 Å². The molecule has 4 heterocycles. The van der Waals surface area contributed by atoms with E-state index >= 15 is 0 Å². The first-order valence-corrected chi connectivity index (χ1v) is 11.6. The van der Waals surface area contributed by atoms with Gasteiger partial charge in [-0.15, -0.1) is 0 Å². The largest absolute Gasteiger partial charge is 0.486 e. The van der Waals surface area contributed by atoms with Gasteiger partial charge in [0.05, 0.1) is 30.4 Å². The standard InChI is InChI=1S/C25H28N4O5/c1-31-23-8-6-20-24(28-23)17(9-11-27-20)4-2-3-10-26-15-19-16-29(25(30)34-19)18-5-7-21-22(14-18)33-13-12-32-21/h5-9,11,14,19,26H,2-4,10,12-13,15-16H2,1H3. The molecule has 178 valence electrons. The number of rotatable bonds is 9. The van der Waals surface area contributed by atoms with Crippen LogP contribution < -0.4 is 24.4 Å². The molecule has 1 amide bonds. The van der Waals surface area contributed by atoms with E-state index in [0.717, 1.165) is 42.5 Å². The van der Waals surface area contributed by atoms with Gasteiger partial charge in [-0.1, -0.05) is 0 Å². The molecule has 1 saturated heterocycles. The number of anilines is 1. The number of hydrogen-bond donors (Lipinski definition) is 1. The summed E-state index contributed by atoms with van der Waals surface area (Å²) in [5.41, 5.74) is 3.70. The Labute approximate surface area is 198 Å². The Morgan fingerprint density at radius 2 is 2.00 bits per heavy atom. The van der Waals surface area contributed by atoms with Crippen LogP contribution in [-0.4, -0.2) is 62.1 Å². The number of pyridine rings is 2. The number of amides is 1. The van der Waals surface area contributed by atoms with Gasteiger partial charge in [-0.2, -0.15) is 0 Å². The topological polar surface area (TPSA) is 95.0 Å². The van der Waals surface area contributed by atoms with Crippen LogP contribution >= 0.6 is 0 Å². The number of methoxy groups -OCH3 is 1. The van der Waals surface area contributed by atoms with E-state index in [9.17, 15) is 4.79 Å².